The van der Waals surface area contributed by atoms with E-state index in [0.717, 1.165) is 38.0 Å². The lowest BCUT2D eigenvalue weighted by Gasteiger charge is -2.27. The number of hydrogen-bond acceptors (Lipinski definition) is 6. The fourth-order valence-corrected chi connectivity index (χ4v) is 4.37. The number of urea groups is 1. The summed E-state index contributed by atoms with van der Waals surface area (Å²) < 4.78 is 16.3. The maximum Gasteiger partial charge on any atom is 0.406 e. The smallest absolute Gasteiger partial charge is 0.406 e. The Morgan fingerprint density at radius 2 is 2.14 bits per heavy atom. The first-order chi connectivity index (χ1) is 16.9. The SMILES string of the molecule is CNC[C@H](C[C@H]1CCCCOC1)NC(=O)N(C)CCC(OCCNC(=O)OC)c1cccc(Cl)c1. The second-order valence-electron chi connectivity index (χ2n) is 8.92. The predicted molar refractivity (Wildman–Crippen MR) is 137 cm³/mol. The number of carbonyl (C=O) groups is 2. The van der Waals surface area contributed by atoms with Gasteiger partial charge in [0.25, 0.3) is 0 Å². The van der Waals surface area contributed by atoms with Crippen molar-refractivity contribution < 1.29 is 23.8 Å². The molecule has 0 aliphatic carbocycles. The molecule has 0 bridgehead atoms. The van der Waals surface area contributed by atoms with Crippen molar-refractivity contribution in [2.24, 2.45) is 5.92 Å². The Kier molecular flexibility index (Phi) is 13.8. The third-order valence-corrected chi connectivity index (χ3v) is 6.31. The number of likely N-dealkylation sites (N-methyl/N-ethyl adjacent to an activating group) is 1. The molecule has 1 unspecified atom stereocenters. The highest BCUT2D eigenvalue weighted by Crippen LogP contribution is 2.24. The highest BCUT2D eigenvalue weighted by molar-refractivity contribution is 6.30. The standard InChI is InChI=1S/C25H41ClN4O5/c1-27-17-22(15-19-7-4-5-13-34-18-19)29-24(31)30(2)12-10-23(20-8-6-9-21(26)16-20)35-14-11-28-25(32)33-3/h6,8-9,16,19,22-23,27H,4-5,7,10-15,17-18H2,1-3H3,(H,28,32)(H,29,31)/t19-,22+,23?/m1/s1. The van der Waals surface area contributed by atoms with Crippen LogP contribution >= 0.6 is 11.6 Å². The Morgan fingerprint density at radius 1 is 1.31 bits per heavy atom. The molecule has 3 amide bonds. The van der Waals surface area contributed by atoms with Crippen LogP contribution in [0.25, 0.3) is 0 Å². The van der Waals surface area contributed by atoms with E-state index in [0.29, 0.717) is 43.6 Å². The Bertz CT molecular complexity index is 761. The number of hydrogen-bond donors (Lipinski definition) is 3. The molecule has 0 aromatic heterocycles. The van der Waals surface area contributed by atoms with Gasteiger partial charge in [-0.2, -0.15) is 0 Å². The molecule has 1 aromatic carbocycles. The summed E-state index contributed by atoms with van der Waals surface area (Å²) in [6, 6.07) is 7.40. The summed E-state index contributed by atoms with van der Waals surface area (Å²) in [6.07, 6.45) is 4.10. The van der Waals surface area contributed by atoms with Gasteiger partial charge in [0, 0.05) is 51.0 Å². The van der Waals surface area contributed by atoms with E-state index in [2.05, 4.69) is 20.7 Å². The van der Waals surface area contributed by atoms with Crippen molar-refractivity contribution in [1.29, 1.82) is 0 Å². The van der Waals surface area contributed by atoms with Crippen LogP contribution in [0.2, 0.25) is 5.02 Å². The van der Waals surface area contributed by atoms with E-state index in [-0.39, 0.29) is 18.2 Å². The molecule has 0 spiro atoms. The Labute approximate surface area is 214 Å². The maximum atomic E-state index is 12.9. The van der Waals surface area contributed by atoms with E-state index in [1.54, 1.807) is 11.9 Å². The molecule has 1 heterocycles. The molecular formula is C25H41ClN4O5. The molecule has 0 saturated carbocycles. The highest BCUT2D eigenvalue weighted by Gasteiger charge is 2.22. The molecule has 3 N–H and O–H groups in total. The third-order valence-electron chi connectivity index (χ3n) is 6.07. The van der Waals surface area contributed by atoms with Crippen LogP contribution < -0.4 is 16.0 Å². The number of nitrogens with one attached hydrogen (secondary N) is 3. The van der Waals surface area contributed by atoms with Crippen LogP contribution in [0, 0.1) is 5.92 Å². The van der Waals surface area contributed by atoms with Gasteiger partial charge in [0.15, 0.2) is 0 Å². The zero-order chi connectivity index (χ0) is 25.5. The van der Waals surface area contributed by atoms with Crippen LogP contribution in [-0.2, 0) is 14.2 Å². The molecule has 2 rings (SSSR count). The number of ether oxygens (including phenoxy) is 3. The minimum atomic E-state index is -0.504. The normalized spacial score (nSPS) is 17.7. The summed E-state index contributed by atoms with van der Waals surface area (Å²) in [5, 5.41) is 9.59. The minimum absolute atomic E-state index is 0.0334. The molecule has 1 aliphatic rings. The average Bonchev–Trinajstić information content (AvgIpc) is 3.11. The lowest BCUT2D eigenvalue weighted by molar-refractivity contribution is 0.0438. The number of halogens is 1. The maximum absolute atomic E-state index is 12.9. The number of benzene rings is 1. The fourth-order valence-electron chi connectivity index (χ4n) is 4.18. The van der Waals surface area contributed by atoms with Crippen molar-refractivity contribution in [3.8, 4) is 0 Å². The largest absolute Gasteiger partial charge is 0.453 e. The lowest BCUT2D eigenvalue weighted by Crippen LogP contribution is -2.48. The molecule has 3 atom stereocenters. The van der Waals surface area contributed by atoms with Crippen molar-refractivity contribution in [2.75, 3.05) is 60.7 Å². The second-order valence-corrected chi connectivity index (χ2v) is 9.36. The quantitative estimate of drug-likeness (QED) is 0.349. The van der Waals surface area contributed by atoms with Gasteiger partial charge in [-0.15, -0.1) is 0 Å². The number of carbonyl (C=O) groups excluding carboxylic acids is 2. The summed E-state index contributed by atoms with van der Waals surface area (Å²) in [6.45, 7) is 3.41. The molecule has 198 valence electrons. The van der Waals surface area contributed by atoms with Crippen molar-refractivity contribution in [3.63, 3.8) is 0 Å². The predicted octanol–water partition coefficient (Wildman–Crippen LogP) is 3.58. The van der Waals surface area contributed by atoms with Crippen LogP contribution in [0.5, 0.6) is 0 Å². The van der Waals surface area contributed by atoms with Gasteiger partial charge < -0.3 is 35.1 Å². The summed E-state index contributed by atoms with van der Waals surface area (Å²) in [5.74, 6) is 0.459. The van der Waals surface area contributed by atoms with Gasteiger partial charge in [-0.1, -0.05) is 30.2 Å². The monoisotopic (exact) mass is 512 g/mol. The molecular weight excluding hydrogens is 472 g/mol. The fraction of sp³-hybridized carbons (Fsp3) is 0.680. The van der Waals surface area contributed by atoms with Gasteiger partial charge in [-0.3, -0.25) is 0 Å². The lowest BCUT2D eigenvalue weighted by atomic mass is 9.95. The van der Waals surface area contributed by atoms with Crippen molar-refractivity contribution in [3.05, 3.63) is 34.9 Å². The molecule has 1 saturated heterocycles. The average molecular weight is 513 g/mol. The first kappa shape index (κ1) is 29.2. The van der Waals surface area contributed by atoms with Crippen molar-refractivity contribution in [1.82, 2.24) is 20.9 Å². The highest BCUT2D eigenvalue weighted by atomic mass is 35.5. The van der Waals surface area contributed by atoms with Gasteiger partial charge in [0.1, 0.15) is 0 Å². The molecule has 1 aromatic rings. The molecule has 9 nitrogen and oxygen atoms in total. The van der Waals surface area contributed by atoms with Crippen LogP contribution in [0.15, 0.2) is 24.3 Å². The van der Waals surface area contributed by atoms with E-state index in [1.807, 2.05) is 31.3 Å². The van der Waals surface area contributed by atoms with Crippen LogP contribution in [-0.4, -0.2) is 83.7 Å². The van der Waals surface area contributed by atoms with Crippen LogP contribution in [0.4, 0.5) is 9.59 Å². The molecule has 10 heteroatoms. The summed E-state index contributed by atoms with van der Waals surface area (Å²) >= 11 is 6.18. The number of amides is 3. The van der Waals surface area contributed by atoms with Crippen LogP contribution in [0.3, 0.4) is 0 Å². The zero-order valence-electron chi connectivity index (χ0n) is 21.2. The Morgan fingerprint density at radius 3 is 2.89 bits per heavy atom. The number of rotatable bonds is 13. The molecule has 0 radical (unpaired) electrons. The molecule has 35 heavy (non-hydrogen) atoms. The Hall–Kier alpha value is -2.07. The topological polar surface area (TPSA) is 101 Å². The van der Waals surface area contributed by atoms with Crippen LogP contribution in [0.1, 0.15) is 43.8 Å². The number of alkyl carbamates (subject to hydrolysis) is 1. The van der Waals surface area contributed by atoms with E-state index in [1.165, 1.54) is 13.5 Å². The van der Waals surface area contributed by atoms with Gasteiger partial charge >= 0.3 is 12.1 Å². The van der Waals surface area contributed by atoms with Gasteiger partial charge in [0.2, 0.25) is 0 Å². The number of methoxy groups -OCH3 is 1. The second kappa shape index (κ2) is 16.6. The summed E-state index contributed by atoms with van der Waals surface area (Å²) in [7, 11) is 5.00. The van der Waals surface area contributed by atoms with E-state index in [4.69, 9.17) is 21.1 Å². The van der Waals surface area contributed by atoms with E-state index < -0.39 is 6.09 Å². The molecule has 1 fully saturated rings. The first-order valence-corrected chi connectivity index (χ1v) is 12.7. The van der Waals surface area contributed by atoms with Gasteiger partial charge in [-0.25, -0.2) is 9.59 Å². The van der Waals surface area contributed by atoms with E-state index >= 15 is 0 Å². The summed E-state index contributed by atoms with van der Waals surface area (Å²) in [5.41, 5.74) is 0.922. The van der Waals surface area contributed by atoms with Gasteiger partial charge in [0.05, 0.1) is 19.8 Å². The van der Waals surface area contributed by atoms with Crippen molar-refractivity contribution >= 4 is 23.7 Å². The van der Waals surface area contributed by atoms with Crippen molar-refractivity contribution in [2.45, 2.75) is 44.2 Å². The van der Waals surface area contributed by atoms with Gasteiger partial charge in [-0.05, 0) is 56.3 Å². The third kappa shape index (κ3) is 11.5. The first-order valence-electron chi connectivity index (χ1n) is 12.4. The minimum Gasteiger partial charge on any atom is -0.453 e. The zero-order valence-corrected chi connectivity index (χ0v) is 21.9. The number of nitrogens with zero attached hydrogens (tertiary/aromatic N) is 1. The summed E-state index contributed by atoms with van der Waals surface area (Å²) in [4.78, 5) is 25.9. The van der Waals surface area contributed by atoms with E-state index in [9.17, 15) is 9.59 Å². The molecule has 1 aliphatic heterocycles. The Balaban J connectivity index is 1.89.